The monoisotopic (exact) mass is 606 g/mol. The molecule has 0 radical (unpaired) electrons. The minimum atomic E-state index is -1.30. The van der Waals surface area contributed by atoms with Crippen LogP contribution in [-0.2, 0) is 4.79 Å². The van der Waals surface area contributed by atoms with Gasteiger partial charge in [0.25, 0.3) is 5.91 Å². The molecule has 0 spiro atoms. The fourth-order valence-corrected chi connectivity index (χ4v) is 4.91. The first-order chi connectivity index (χ1) is 15.8. The van der Waals surface area contributed by atoms with Gasteiger partial charge in [0.2, 0.25) is 5.91 Å². The van der Waals surface area contributed by atoms with Gasteiger partial charge in [-0.15, -0.1) is 23.2 Å². The molecule has 1 aliphatic rings. The van der Waals surface area contributed by atoms with Crippen LogP contribution >= 0.6 is 62.3 Å². The van der Waals surface area contributed by atoms with Crippen molar-refractivity contribution in [1.29, 1.82) is 0 Å². The zero-order chi connectivity index (χ0) is 25.4. The highest BCUT2D eigenvalue weighted by atomic mass is 79.9. The molecule has 0 bridgehead atoms. The van der Waals surface area contributed by atoms with E-state index in [1.165, 1.54) is 36.1 Å². The average molecular weight is 609 g/mol. The number of hydrogen-bond donors (Lipinski definition) is 1. The summed E-state index contributed by atoms with van der Waals surface area (Å²) in [6.45, 7) is 2.97. The van der Waals surface area contributed by atoms with Gasteiger partial charge in [-0.05, 0) is 77.8 Å². The summed E-state index contributed by atoms with van der Waals surface area (Å²) in [4.78, 5) is 27.3. The van der Waals surface area contributed by atoms with Gasteiger partial charge in [-0.2, -0.15) is 0 Å². The van der Waals surface area contributed by atoms with E-state index < -0.39 is 28.0 Å². The maximum Gasteiger partial charge on any atom is 0.259 e. The lowest BCUT2D eigenvalue weighted by Gasteiger charge is -2.19. The van der Waals surface area contributed by atoms with Crippen LogP contribution in [0.2, 0.25) is 10.0 Å². The normalized spacial score (nSPS) is 19.6. The second-order valence-electron chi connectivity index (χ2n) is 7.91. The minimum Gasteiger partial charge on any atom is -0.326 e. The van der Waals surface area contributed by atoms with Crippen LogP contribution in [0.15, 0.2) is 64.5 Å². The Hall–Kier alpha value is -1.57. The fourth-order valence-electron chi connectivity index (χ4n) is 3.45. The number of hydrogen-bond acceptors (Lipinski definition) is 2. The van der Waals surface area contributed by atoms with Gasteiger partial charge in [-0.1, -0.05) is 29.3 Å². The molecule has 1 aliphatic carbocycles. The van der Waals surface area contributed by atoms with Crippen molar-refractivity contribution in [2.75, 3.05) is 12.4 Å². The molecule has 34 heavy (non-hydrogen) atoms. The van der Waals surface area contributed by atoms with Gasteiger partial charge in [0.1, 0.15) is 4.33 Å². The van der Waals surface area contributed by atoms with E-state index in [1.54, 1.807) is 38.2 Å². The van der Waals surface area contributed by atoms with E-state index in [1.807, 2.05) is 0 Å². The summed E-state index contributed by atoms with van der Waals surface area (Å²) in [5.41, 5.74) is 1.78. The quantitative estimate of drug-likeness (QED) is 0.266. The molecule has 1 saturated carbocycles. The van der Waals surface area contributed by atoms with E-state index in [0.717, 1.165) is 10.0 Å². The van der Waals surface area contributed by atoms with Crippen molar-refractivity contribution in [3.05, 3.63) is 85.7 Å². The fraction of sp³-hybridized carbons (Fsp3) is 0.250. The number of carbonyl (C=O) groups excluding carboxylic acids is 2. The van der Waals surface area contributed by atoms with Gasteiger partial charge in [0, 0.05) is 28.8 Å². The Labute approximate surface area is 225 Å². The highest BCUT2D eigenvalue weighted by molar-refractivity contribution is 9.10. The van der Waals surface area contributed by atoms with Crippen molar-refractivity contribution in [3.63, 3.8) is 0 Å². The Morgan fingerprint density at radius 1 is 1.09 bits per heavy atom. The van der Waals surface area contributed by atoms with Gasteiger partial charge in [-0.25, -0.2) is 4.39 Å². The summed E-state index contributed by atoms with van der Waals surface area (Å²) in [6, 6.07) is 9.85. The molecule has 1 fully saturated rings. The van der Waals surface area contributed by atoms with Crippen LogP contribution in [0.1, 0.15) is 35.7 Å². The summed E-state index contributed by atoms with van der Waals surface area (Å²) in [5, 5.41) is 3.45. The van der Waals surface area contributed by atoms with Crippen molar-refractivity contribution < 1.29 is 14.0 Å². The molecule has 2 aromatic rings. The van der Waals surface area contributed by atoms with Crippen LogP contribution in [0, 0.1) is 5.92 Å². The van der Waals surface area contributed by atoms with Crippen molar-refractivity contribution in [2.24, 2.45) is 5.92 Å². The number of rotatable bonds is 6. The largest absolute Gasteiger partial charge is 0.326 e. The predicted octanol–water partition coefficient (Wildman–Crippen LogP) is 8.13. The Morgan fingerprint density at radius 3 is 2.38 bits per heavy atom. The van der Waals surface area contributed by atoms with E-state index in [4.69, 9.17) is 46.4 Å². The zero-order valence-electron chi connectivity index (χ0n) is 18.3. The molecule has 2 amide bonds. The van der Waals surface area contributed by atoms with Gasteiger partial charge in [0.15, 0.2) is 0 Å². The molecule has 2 atom stereocenters. The zero-order valence-corrected chi connectivity index (χ0v) is 22.9. The molecule has 0 heterocycles. The third-order valence-corrected chi connectivity index (χ3v) is 7.99. The highest BCUT2D eigenvalue weighted by Gasteiger charge is 2.67. The maximum absolute atomic E-state index is 13.0. The average Bonchev–Trinajstić information content (AvgIpc) is 3.36. The van der Waals surface area contributed by atoms with Crippen LogP contribution in [0.4, 0.5) is 10.1 Å². The van der Waals surface area contributed by atoms with E-state index in [-0.39, 0.29) is 16.4 Å². The number of amides is 2. The third-order valence-electron chi connectivity index (χ3n) is 5.49. The molecule has 4 nitrogen and oxygen atoms in total. The predicted molar refractivity (Wildman–Crippen MR) is 141 cm³/mol. The molecule has 2 unspecified atom stereocenters. The number of anilines is 1. The smallest absolute Gasteiger partial charge is 0.259 e. The lowest BCUT2D eigenvalue weighted by atomic mass is 10.1. The SMILES string of the molecule is C/C(F)=C\C=C(/C)N(C)C(=O)c1cc(NC(=O)C2C(c3ccc(Br)c(Cl)c3)C2(Cl)Cl)ccc1Cl. The van der Waals surface area contributed by atoms with Crippen molar-refractivity contribution in [2.45, 2.75) is 24.1 Å². The first kappa shape index (κ1) is 27.0. The van der Waals surface area contributed by atoms with Crippen LogP contribution in [0.5, 0.6) is 0 Å². The van der Waals surface area contributed by atoms with Crippen molar-refractivity contribution in [3.8, 4) is 0 Å². The summed E-state index contributed by atoms with van der Waals surface area (Å²) in [5.74, 6) is -2.37. The molecule has 180 valence electrons. The number of nitrogens with zero attached hydrogens (tertiary/aromatic N) is 1. The second kappa shape index (κ2) is 10.6. The van der Waals surface area contributed by atoms with Crippen LogP contribution < -0.4 is 5.32 Å². The molecule has 0 aliphatic heterocycles. The number of benzene rings is 2. The number of carbonyl (C=O) groups is 2. The summed E-state index contributed by atoms with van der Waals surface area (Å²) >= 11 is 28.6. The van der Waals surface area contributed by atoms with E-state index in [9.17, 15) is 14.0 Å². The lowest BCUT2D eigenvalue weighted by Crippen LogP contribution is -2.25. The molecule has 10 heteroatoms. The van der Waals surface area contributed by atoms with Gasteiger partial charge in [-0.3, -0.25) is 9.59 Å². The highest BCUT2D eigenvalue weighted by Crippen LogP contribution is 2.65. The number of allylic oxidation sites excluding steroid dienone is 4. The first-order valence-electron chi connectivity index (χ1n) is 10.1. The number of halogens is 6. The van der Waals surface area contributed by atoms with Crippen molar-refractivity contribution in [1.82, 2.24) is 4.90 Å². The van der Waals surface area contributed by atoms with Crippen LogP contribution in [-0.4, -0.2) is 28.1 Å². The van der Waals surface area contributed by atoms with Gasteiger partial charge < -0.3 is 10.2 Å². The second-order valence-corrected chi connectivity index (χ2v) is 11.0. The topological polar surface area (TPSA) is 49.4 Å². The molecule has 0 saturated heterocycles. The van der Waals surface area contributed by atoms with E-state index >= 15 is 0 Å². The van der Waals surface area contributed by atoms with Gasteiger partial charge >= 0.3 is 0 Å². The Bertz CT molecular complexity index is 1210. The number of alkyl halides is 2. The molecule has 3 rings (SSSR count). The lowest BCUT2D eigenvalue weighted by molar-refractivity contribution is -0.117. The first-order valence-corrected chi connectivity index (χ1v) is 12.4. The van der Waals surface area contributed by atoms with Crippen molar-refractivity contribution >= 4 is 79.8 Å². The summed E-state index contributed by atoms with van der Waals surface area (Å²) < 4.78 is 12.4. The Morgan fingerprint density at radius 2 is 1.76 bits per heavy atom. The molecular weight excluding hydrogens is 589 g/mol. The van der Waals surface area contributed by atoms with E-state index in [2.05, 4.69) is 21.2 Å². The Balaban J connectivity index is 1.79. The van der Waals surface area contributed by atoms with Crippen LogP contribution in [0.3, 0.4) is 0 Å². The standard InChI is InChI=1S/C24H20BrCl4FN2O2/c1-12(30)4-5-13(2)32(3)23(34)16-11-15(7-9-18(16)26)31-22(33)21-20(24(21,28)29)14-6-8-17(25)19(27)10-14/h4-11,20-21H,1-3H3,(H,31,33)/b12-4+,13-5+. The third kappa shape index (κ3) is 5.80. The molecule has 1 N–H and O–H groups in total. The van der Waals surface area contributed by atoms with Crippen LogP contribution in [0.25, 0.3) is 0 Å². The van der Waals surface area contributed by atoms with Gasteiger partial charge in [0.05, 0.1) is 27.4 Å². The minimum absolute atomic E-state index is 0.172. The van der Waals surface area contributed by atoms with E-state index in [0.29, 0.717) is 16.4 Å². The molecule has 0 aromatic heterocycles. The maximum atomic E-state index is 13.0. The summed E-state index contributed by atoms with van der Waals surface area (Å²) in [6.07, 6.45) is 2.74. The molecule has 2 aromatic carbocycles. The number of nitrogens with one attached hydrogen (secondary N) is 1. The Kier molecular flexibility index (Phi) is 8.42. The molecular formula is C24H20BrCl4FN2O2. The summed E-state index contributed by atoms with van der Waals surface area (Å²) in [7, 11) is 1.55.